The third kappa shape index (κ3) is 6.97. The maximum absolute atomic E-state index is 12.7. The lowest BCUT2D eigenvalue weighted by Gasteiger charge is -2.31. The van der Waals surface area contributed by atoms with Gasteiger partial charge in [0.2, 0.25) is 10.0 Å². The molecule has 0 bridgehead atoms. The Balaban J connectivity index is 1.32. The fraction of sp³-hybridized carbons (Fsp3) is 0.667. The highest BCUT2D eigenvalue weighted by Crippen LogP contribution is 2.28. The molecule has 8 heteroatoms. The lowest BCUT2D eigenvalue weighted by molar-refractivity contribution is 0.123. The maximum Gasteiger partial charge on any atom is 0.243 e. The van der Waals surface area contributed by atoms with Crippen molar-refractivity contribution in [3.63, 3.8) is 0 Å². The molecule has 1 heterocycles. The lowest BCUT2D eigenvalue weighted by atomic mass is 9.98. The Morgan fingerprint density at radius 2 is 1.83 bits per heavy atom. The van der Waals surface area contributed by atoms with Crippen molar-refractivity contribution < 1.29 is 13.2 Å². The second-order valence-corrected chi connectivity index (χ2v) is 9.85. The van der Waals surface area contributed by atoms with Crippen LogP contribution in [-0.2, 0) is 14.8 Å². The number of rotatable bonds is 10. The Bertz CT molecular complexity index is 742. The van der Waals surface area contributed by atoms with Crippen LogP contribution in [0.3, 0.4) is 0 Å². The maximum atomic E-state index is 12.7. The normalized spacial score (nSPS) is 19.3. The van der Waals surface area contributed by atoms with Crippen LogP contribution in [-0.4, -0.2) is 65.1 Å². The highest BCUT2D eigenvalue weighted by molar-refractivity contribution is 7.89. The van der Waals surface area contributed by atoms with Crippen LogP contribution in [0.4, 0.5) is 0 Å². The molecule has 3 rings (SSSR count). The van der Waals surface area contributed by atoms with E-state index in [2.05, 4.69) is 15.6 Å². The second-order valence-electron chi connectivity index (χ2n) is 7.91. The van der Waals surface area contributed by atoms with Gasteiger partial charge in [0.1, 0.15) is 0 Å². The van der Waals surface area contributed by atoms with Crippen LogP contribution in [0.2, 0.25) is 0 Å². The van der Waals surface area contributed by atoms with Crippen molar-refractivity contribution in [2.24, 2.45) is 16.8 Å². The quantitative estimate of drug-likeness (QED) is 0.343. The van der Waals surface area contributed by atoms with Crippen molar-refractivity contribution in [1.29, 1.82) is 0 Å². The molecule has 0 amide bonds. The summed E-state index contributed by atoms with van der Waals surface area (Å²) in [5.74, 6) is 2.05. The molecule has 1 saturated carbocycles. The van der Waals surface area contributed by atoms with E-state index in [1.165, 1.54) is 12.8 Å². The van der Waals surface area contributed by atoms with Gasteiger partial charge in [-0.2, -0.15) is 4.31 Å². The lowest BCUT2D eigenvalue weighted by Crippen LogP contribution is -2.44. The summed E-state index contributed by atoms with van der Waals surface area (Å²) in [6, 6.07) is 8.69. The van der Waals surface area contributed by atoms with Crippen LogP contribution in [0.25, 0.3) is 0 Å². The molecule has 7 nitrogen and oxygen atoms in total. The van der Waals surface area contributed by atoms with E-state index in [1.807, 2.05) is 6.07 Å². The third-order valence-corrected chi connectivity index (χ3v) is 7.46. The van der Waals surface area contributed by atoms with E-state index in [9.17, 15) is 8.42 Å². The monoisotopic (exact) mass is 422 g/mol. The molecular formula is C21H34N4O3S. The SMILES string of the molecule is CN=C(NCCCOCC1CC1)NCC1CCN(S(=O)(=O)c2ccccc2)CC1. The molecule has 0 unspecified atom stereocenters. The number of aliphatic imine (C=N–C) groups is 1. The van der Waals surface area contributed by atoms with Gasteiger partial charge in [-0.3, -0.25) is 4.99 Å². The Morgan fingerprint density at radius 3 is 2.48 bits per heavy atom. The molecule has 162 valence electrons. The third-order valence-electron chi connectivity index (χ3n) is 5.54. The molecule has 1 aromatic carbocycles. The van der Waals surface area contributed by atoms with Crippen LogP contribution in [0, 0.1) is 11.8 Å². The van der Waals surface area contributed by atoms with Crippen LogP contribution in [0.15, 0.2) is 40.2 Å². The van der Waals surface area contributed by atoms with Gasteiger partial charge in [0.25, 0.3) is 0 Å². The van der Waals surface area contributed by atoms with Gasteiger partial charge in [-0.1, -0.05) is 18.2 Å². The summed E-state index contributed by atoms with van der Waals surface area (Å²) < 4.78 is 32.7. The van der Waals surface area contributed by atoms with Gasteiger partial charge in [-0.15, -0.1) is 0 Å². The van der Waals surface area contributed by atoms with Crippen molar-refractivity contribution in [2.75, 3.05) is 46.4 Å². The van der Waals surface area contributed by atoms with Gasteiger partial charge >= 0.3 is 0 Å². The van der Waals surface area contributed by atoms with Crippen LogP contribution in [0.5, 0.6) is 0 Å². The van der Waals surface area contributed by atoms with E-state index in [0.717, 1.165) is 57.4 Å². The summed E-state index contributed by atoms with van der Waals surface area (Å²) >= 11 is 0. The second kappa shape index (κ2) is 10.9. The number of guanidine groups is 1. The van der Waals surface area contributed by atoms with Crippen molar-refractivity contribution >= 4 is 16.0 Å². The van der Waals surface area contributed by atoms with Crippen molar-refractivity contribution in [3.8, 4) is 0 Å². The topological polar surface area (TPSA) is 83.0 Å². The van der Waals surface area contributed by atoms with E-state index >= 15 is 0 Å². The van der Waals surface area contributed by atoms with E-state index < -0.39 is 10.0 Å². The first kappa shape index (κ1) is 22.1. The van der Waals surface area contributed by atoms with Crippen molar-refractivity contribution in [1.82, 2.24) is 14.9 Å². The molecule has 2 N–H and O–H groups in total. The smallest absolute Gasteiger partial charge is 0.243 e. The number of hydrogen-bond donors (Lipinski definition) is 2. The van der Waals surface area contributed by atoms with E-state index in [-0.39, 0.29) is 0 Å². The molecule has 0 radical (unpaired) electrons. The predicted octanol–water partition coefficient (Wildman–Crippen LogP) is 2.07. The summed E-state index contributed by atoms with van der Waals surface area (Å²) in [5, 5.41) is 6.69. The standard InChI is InChI=1S/C21H34N4O3S/c1-22-21(23-12-5-15-28-17-19-8-9-19)24-16-18-10-13-25(14-11-18)29(26,27)20-6-3-2-4-7-20/h2-4,6-7,18-19H,5,8-17H2,1H3,(H2,22,23,24). The van der Waals surface area contributed by atoms with Crippen LogP contribution >= 0.6 is 0 Å². The zero-order valence-corrected chi connectivity index (χ0v) is 18.2. The number of ether oxygens (including phenoxy) is 1. The van der Waals surface area contributed by atoms with Crippen molar-refractivity contribution in [3.05, 3.63) is 30.3 Å². The van der Waals surface area contributed by atoms with Gasteiger partial charge in [0, 0.05) is 46.4 Å². The van der Waals surface area contributed by atoms with E-state index in [1.54, 1.807) is 35.6 Å². The summed E-state index contributed by atoms with van der Waals surface area (Å²) in [6.45, 7) is 4.46. The molecule has 29 heavy (non-hydrogen) atoms. The first-order chi connectivity index (χ1) is 14.1. The average molecular weight is 423 g/mol. The molecule has 1 aliphatic heterocycles. The fourth-order valence-corrected chi connectivity index (χ4v) is 4.96. The number of piperidine rings is 1. The summed E-state index contributed by atoms with van der Waals surface area (Å²) in [6.07, 6.45) is 5.32. The number of benzene rings is 1. The largest absolute Gasteiger partial charge is 0.381 e. The van der Waals surface area contributed by atoms with Gasteiger partial charge in [-0.25, -0.2) is 8.42 Å². The Labute approximate surface area is 175 Å². The van der Waals surface area contributed by atoms with E-state index in [0.29, 0.717) is 23.9 Å². The minimum absolute atomic E-state index is 0.377. The summed E-state index contributed by atoms with van der Waals surface area (Å²) in [5.41, 5.74) is 0. The molecule has 2 aliphatic rings. The number of sulfonamides is 1. The highest BCUT2D eigenvalue weighted by Gasteiger charge is 2.29. The molecule has 0 spiro atoms. The Morgan fingerprint density at radius 1 is 1.10 bits per heavy atom. The van der Waals surface area contributed by atoms with Gasteiger partial charge < -0.3 is 15.4 Å². The number of hydrogen-bond acceptors (Lipinski definition) is 4. The predicted molar refractivity (Wildman–Crippen MR) is 115 cm³/mol. The summed E-state index contributed by atoms with van der Waals surface area (Å²) in [7, 11) is -1.61. The van der Waals surface area contributed by atoms with Gasteiger partial charge in [0.05, 0.1) is 4.90 Å². The average Bonchev–Trinajstić information content (AvgIpc) is 3.58. The Kier molecular flexibility index (Phi) is 8.32. The van der Waals surface area contributed by atoms with Gasteiger partial charge in [0.15, 0.2) is 5.96 Å². The van der Waals surface area contributed by atoms with Crippen molar-refractivity contribution in [2.45, 2.75) is 37.0 Å². The first-order valence-corrected chi connectivity index (χ1v) is 12.1. The first-order valence-electron chi connectivity index (χ1n) is 10.7. The zero-order chi connectivity index (χ0) is 20.5. The highest BCUT2D eigenvalue weighted by atomic mass is 32.2. The minimum atomic E-state index is -3.38. The Hall–Kier alpha value is -1.64. The number of nitrogens with one attached hydrogen (secondary N) is 2. The molecular weight excluding hydrogens is 388 g/mol. The molecule has 0 aromatic heterocycles. The summed E-state index contributed by atoms with van der Waals surface area (Å²) in [4.78, 5) is 4.65. The van der Waals surface area contributed by atoms with Crippen LogP contribution in [0.1, 0.15) is 32.1 Å². The van der Waals surface area contributed by atoms with Gasteiger partial charge in [-0.05, 0) is 56.1 Å². The molecule has 2 fully saturated rings. The molecule has 0 atom stereocenters. The molecule has 1 aliphatic carbocycles. The molecule has 1 saturated heterocycles. The fourth-order valence-electron chi connectivity index (χ4n) is 3.47. The number of nitrogens with zero attached hydrogens (tertiary/aromatic N) is 2. The van der Waals surface area contributed by atoms with E-state index in [4.69, 9.17) is 4.74 Å². The zero-order valence-electron chi connectivity index (χ0n) is 17.3. The minimum Gasteiger partial charge on any atom is -0.381 e. The van der Waals surface area contributed by atoms with Crippen LogP contribution < -0.4 is 10.6 Å². The molecule has 1 aromatic rings.